The molecule has 0 radical (unpaired) electrons. The first-order valence-corrected chi connectivity index (χ1v) is 13.6. The Morgan fingerprint density at radius 3 is 1.76 bits per heavy atom. The Morgan fingerprint density at radius 2 is 1.24 bits per heavy atom. The van der Waals surface area contributed by atoms with Crippen molar-refractivity contribution in [3.8, 4) is 0 Å². The summed E-state index contributed by atoms with van der Waals surface area (Å²) in [5.74, 6) is -0.678. The third-order valence-corrected chi connectivity index (χ3v) is 5.10. The van der Waals surface area contributed by atoms with Gasteiger partial charge in [0.15, 0.2) is 0 Å². The molecule has 208 valence electrons. The molecule has 0 unspecified atom stereocenters. The molecular weight excluding hydrogens is 474 g/mol. The highest BCUT2D eigenvalue weighted by molar-refractivity contribution is 5.98. The predicted octanol–water partition coefficient (Wildman–Crippen LogP) is 5.95. The number of rotatable bonds is 21. The van der Waals surface area contributed by atoms with E-state index in [2.05, 4.69) is 90.2 Å². The van der Waals surface area contributed by atoms with E-state index >= 15 is 0 Å². The molecule has 3 amide bonds. The molecule has 0 aromatic heterocycles. The van der Waals surface area contributed by atoms with Crippen LogP contribution >= 0.6 is 0 Å². The smallest absolute Gasteiger partial charge is 0.251 e. The zero-order valence-electron chi connectivity index (χ0n) is 23.3. The van der Waals surface area contributed by atoms with Gasteiger partial charge in [0.05, 0.1) is 6.54 Å². The van der Waals surface area contributed by atoms with E-state index in [-0.39, 0.29) is 24.3 Å². The first kappa shape index (κ1) is 34.3. The lowest BCUT2D eigenvalue weighted by atomic mass is 10.2. The Kier molecular flexibility index (Phi) is 23.8. The Balaban J connectivity index is 3.74. The minimum atomic E-state index is -0.332. The van der Waals surface area contributed by atoms with Crippen molar-refractivity contribution < 1.29 is 14.4 Å². The predicted molar refractivity (Wildman–Crippen MR) is 160 cm³/mol. The second-order valence-electron chi connectivity index (χ2n) is 8.32. The normalized spacial score (nSPS) is 12.5. The third kappa shape index (κ3) is 22.8. The molecule has 0 spiro atoms. The zero-order chi connectivity index (χ0) is 28.1. The van der Waals surface area contributed by atoms with Crippen molar-refractivity contribution >= 4 is 17.7 Å². The fraction of sp³-hybridized carbons (Fsp3) is 0.406. The van der Waals surface area contributed by atoms with Crippen LogP contribution in [0.3, 0.4) is 0 Å². The first-order chi connectivity index (χ1) is 18.5. The second-order valence-corrected chi connectivity index (χ2v) is 8.32. The van der Waals surface area contributed by atoms with Crippen molar-refractivity contribution in [3.05, 3.63) is 97.2 Å². The number of carbonyl (C=O) groups is 3. The van der Waals surface area contributed by atoms with Crippen molar-refractivity contribution in [3.63, 3.8) is 0 Å². The van der Waals surface area contributed by atoms with E-state index in [0.717, 1.165) is 44.9 Å². The zero-order valence-corrected chi connectivity index (χ0v) is 23.3. The number of hydrogen-bond acceptors (Lipinski definition) is 3. The van der Waals surface area contributed by atoms with Crippen LogP contribution in [0.4, 0.5) is 0 Å². The molecule has 0 fully saturated rings. The second kappa shape index (κ2) is 26.4. The summed E-state index contributed by atoms with van der Waals surface area (Å²) >= 11 is 0. The molecule has 0 aromatic rings. The van der Waals surface area contributed by atoms with E-state index in [1.807, 2.05) is 0 Å². The molecule has 0 saturated heterocycles. The quantitative estimate of drug-likeness (QED) is 0.0755. The number of carbonyl (C=O) groups excluding carboxylic acids is 3. The van der Waals surface area contributed by atoms with E-state index in [4.69, 9.17) is 0 Å². The molecule has 6 nitrogen and oxygen atoms in total. The summed E-state index contributed by atoms with van der Waals surface area (Å²) in [5, 5.41) is 8.02. The van der Waals surface area contributed by atoms with Crippen molar-refractivity contribution in [1.82, 2.24) is 16.0 Å². The van der Waals surface area contributed by atoms with Gasteiger partial charge < -0.3 is 16.0 Å². The summed E-state index contributed by atoms with van der Waals surface area (Å²) in [7, 11) is 0. The van der Waals surface area contributed by atoms with Crippen LogP contribution in [-0.4, -0.2) is 37.4 Å². The molecular formula is C32H47N3O3. The van der Waals surface area contributed by atoms with Crippen LogP contribution < -0.4 is 16.0 Å². The minimum absolute atomic E-state index is 0.0355. The molecule has 6 heteroatoms. The maximum absolute atomic E-state index is 12.0. The van der Waals surface area contributed by atoms with Crippen LogP contribution in [0.5, 0.6) is 0 Å². The summed E-state index contributed by atoms with van der Waals surface area (Å²) in [6.07, 6.45) is 35.2. The highest BCUT2D eigenvalue weighted by Crippen LogP contribution is 2.00. The van der Waals surface area contributed by atoms with E-state index < -0.39 is 0 Å². The van der Waals surface area contributed by atoms with E-state index in [1.165, 1.54) is 0 Å². The van der Waals surface area contributed by atoms with Gasteiger partial charge in [-0.1, -0.05) is 92.5 Å². The summed E-state index contributed by atoms with van der Waals surface area (Å²) in [5.41, 5.74) is 0.453. The molecule has 0 saturated carbocycles. The molecule has 0 bridgehead atoms. The molecule has 3 N–H and O–H groups in total. The van der Waals surface area contributed by atoms with Gasteiger partial charge in [0.2, 0.25) is 11.8 Å². The lowest BCUT2D eigenvalue weighted by Crippen LogP contribution is -2.40. The summed E-state index contributed by atoms with van der Waals surface area (Å²) in [6.45, 7) is 7.98. The lowest BCUT2D eigenvalue weighted by Gasteiger charge is -2.08. The van der Waals surface area contributed by atoms with Crippen molar-refractivity contribution in [2.45, 2.75) is 65.2 Å². The maximum Gasteiger partial charge on any atom is 0.251 e. The summed E-state index contributed by atoms with van der Waals surface area (Å²) < 4.78 is 0. The molecule has 38 heavy (non-hydrogen) atoms. The van der Waals surface area contributed by atoms with Gasteiger partial charge in [-0.2, -0.15) is 0 Å². The van der Waals surface area contributed by atoms with Crippen LogP contribution in [-0.2, 0) is 14.4 Å². The highest BCUT2D eigenvalue weighted by Gasteiger charge is 2.07. The van der Waals surface area contributed by atoms with Gasteiger partial charge >= 0.3 is 0 Å². The average Bonchev–Trinajstić information content (AvgIpc) is 2.92. The summed E-state index contributed by atoms with van der Waals surface area (Å²) in [4.78, 5) is 35.7. The largest absolute Gasteiger partial charge is 0.354 e. The molecule has 0 aliphatic rings. The van der Waals surface area contributed by atoms with Gasteiger partial charge in [-0.05, 0) is 57.9 Å². The lowest BCUT2D eigenvalue weighted by molar-refractivity contribution is -0.124. The molecule has 0 aromatic carbocycles. The van der Waals surface area contributed by atoms with E-state index in [0.29, 0.717) is 25.1 Å². The Labute approximate surface area is 230 Å². The summed E-state index contributed by atoms with van der Waals surface area (Å²) in [6, 6.07) is 0. The number of unbranched alkanes of at least 4 members (excludes halogenated alkanes) is 1. The van der Waals surface area contributed by atoms with Gasteiger partial charge in [0.1, 0.15) is 0 Å². The molecule has 0 aliphatic carbocycles. The van der Waals surface area contributed by atoms with E-state index in [9.17, 15) is 14.4 Å². The van der Waals surface area contributed by atoms with Gasteiger partial charge in [-0.15, -0.1) is 0 Å². The first-order valence-electron chi connectivity index (χ1n) is 13.6. The van der Waals surface area contributed by atoms with Crippen molar-refractivity contribution in [1.29, 1.82) is 0 Å². The van der Waals surface area contributed by atoms with Gasteiger partial charge in [0, 0.05) is 25.1 Å². The van der Waals surface area contributed by atoms with Gasteiger partial charge in [-0.25, -0.2) is 0 Å². The number of nitrogens with one attached hydrogen (secondary N) is 3. The van der Waals surface area contributed by atoms with Crippen molar-refractivity contribution in [2.24, 2.45) is 0 Å². The molecule has 0 rings (SSSR count). The molecule has 0 aliphatic heterocycles. The number of hydrogen-bond donors (Lipinski definition) is 3. The Hall–Kier alpha value is -3.67. The highest BCUT2D eigenvalue weighted by atomic mass is 16.2. The minimum Gasteiger partial charge on any atom is -0.354 e. The fourth-order valence-corrected chi connectivity index (χ4v) is 3.04. The fourth-order valence-electron chi connectivity index (χ4n) is 3.04. The average molecular weight is 522 g/mol. The third-order valence-electron chi connectivity index (χ3n) is 5.10. The van der Waals surface area contributed by atoms with E-state index in [1.54, 1.807) is 31.2 Å². The van der Waals surface area contributed by atoms with Crippen LogP contribution in [0.2, 0.25) is 0 Å². The molecule has 0 atom stereocenters. The van der Waals surface area contributed by atoms with Crippen LogP contribution in [0.1, 0.15) is 65.2 Å². The Morgan fingerprint density at radius 1 is 0.711 bits per heavy atom. The maximum atomic E-state index is 12.0. The van der Waals surface area contributed by atoms with Gasteiger partial charge in [0.25, 0.3) is 5.91 Å². The SMILES string of the molecule is C=CC=CC(=CC)C(=O)NCC(=O)NCCNC(=O)CCCC=CCC=CCC=CCC=CCC=CCC. The van der Waals surface area contributed by atoms with Crippen LogP contribution in [0.15, 0.2) is 97.2 Å². The topological polar surface area (TPSA) is 87.3 Å². The van der Waals surface area contributed by atoms with Crippen LogP contribution in [0.25, 0.3) is 0 Å². The Bertz CT molecular complexity index is 890. The molecule has 0 heterocycles. The van der Waals surface area contributed by atoms with Crippen molar-refractivity contribution in [2.75, 3.05) is 19.6 Å². The number of allylic oxidation sites excluding steroid dienone is 13. The monoisotopic (exact) mass is 521 g/mol. The standard InChI is InChI=1S/C32H47N3O3/c1-4-7-9-10-11-12-13-14-15-16-17-18-19-20-21-22-23-25-30(36)33-26-27-34-31(37)28-35-32(38)29(6-3)24-8-5-2/h5-9,11-12,14-15,17-18,20-21,24H,2,4,10,13,16,19,22-23,25-28H2,1,3H3,(H,33,36)(H,34,37)(H,35,38). The number of amides is 3. The van der Waals surface area contributed by atoms with Crippen LogP contribution in [0, 0.1) is 0 Å². The van der Waals surface area contributed by atoms with Gasteiger partial charge in [-0.3, -0.25) is 14.4 Å².